The molecule has 0 saturated heterocycles. The largest absolute Gasteiger partial charge is 0.344 e. The monoisotopic (exact) mass is 154 g/mol. The second-order valence-corrected chi connectivity index (χ2v) is 2.76. The minimum absolute atomic E-state index is 0.105. The summed E-state index contributed by atoms with van der Waals surface area (Å²) < 4.78 is 1.66. The molecule has 2 heterocycles. The Morgan fingerprint density at radius 2 is 2.36 bits per heavy atom. The lowest BCUT2D eigenvalue weighted by atomic mass is 10.3. The minimum atomic E-state index is -0.105. The van der Waals surface area contributed by atoms with Crippen LogP contribution in [0.15, 0.2) is 4.79 Å². The van der Waals surface area contributed by atoms with Gasteiger partial charge in [0.15, 0.2) is 0 Å². The smallest absolute Gasteiger partial charge is 0.344 e. The van der Waals surface area contributed by atoms with Crippen molar-refractivity contribution in [2.24, 2.45) is 0 Å². The third kappa shape index (κ3) is 0.840. The lowest BCUT2D eigenvalue weighted by Crippen LogP contribution is -2.32. The molecule has 0 saturated carbocycles. The average molecular weight is 154 g/mol. The molecule has 0 atom stereocenters. The Morgan fingerprint density at radius 1 is 1.55 bits per heavy atom. The summed E-state index contributed by atoms with van der Waals surface area (Å²) in [6.07, 6.45) is 1.02. The average Bonchev–Trinajstić information content (AvgIpc) is 2.35. The summed E-state index contributed by atoms with van der Waals surface area (Å²) in [4.78, 5) is 13.0. The summed E-state index contributed by atoms with van der Waals surface area (Å²) in [5, 5.41) is 6.31. The lowest BCUT2D eigenvalue weighted by molar-refractivity contribution is 0.567. The summed E-state index contributed by atoms with van der Waals surface area (Å²) in [6.45, 7) is 1.76. The molecule has 1 aromatic heterocycles. The van der Waals surface area contributed by atoms with Crippen LogP contribution in [0.1, 0.15) is 6.42 Å². The first-order valence-electron chi connectivity index (χ1n) is 3.65. The van der Waals surface area contributed by atoms with Crippen molar-refractivity contribution in [2.75, 3.05) is 18.5 Å². The molecule has 60 valence electrons. The van der Waals surface area contributed by atoms with E-state index in [9.17, 15) is 4.79 Å². The van der Waals surface area contributed by atoms with Gasteiger partial charge in [-0.05, 0) is 6.42 Å². The number of hydrogen-bond acceptors (Lipinski definition) is 3. The van der Waals surface area contributed by atoms with Crippen LogP contribution in [0.4, 0.5) is 5.95 Å². The Balaban J connectivity index is 2.55. The van der Waals surface area contributed by atoms with E-state index in [0.29, 0.717) is 0 Å². The second-order valence-electron chi connectivity index (χ2n) is 2.76. The van der Waals surface area contributed by atoms with Gasteiger partial charge in [0.1, 0.15) is 0 Å². The summed E-state index contributed by atoms with van der Waals surface area (Å²) in [6, 6.07) is 0. The summed E-state index contributed by atoms with van der Waals surface area (Å²) in [5.74, 6) is 0.751. The molecule has 1 aliphatic heterocycles. The van der Waals surface area contributed by atoms with Gasteiger partial charge in [-0.15, -0.1) is 5.10 Å². The molecule has 1 N–H and O–H groups in total. The van der Waals surface area contributed by atoms with Crippen LogP contribution >= 0.6 is 0 Å². The van der Waals surface area contributed by atoms with Crippen LogP contribution in [-0.2, 0) is 6.54 Å². The van der Waals surface area contributed by atoms with Crippen molar-refractivity contribution >= 4 is 5.95 Å². The first kappa shape index (κ1) is 6.45. The highest BCUT2D eigenvalue weighted by Gasteiger charge is 2.16. The van der Waals surface area contributed by atoms with Crippen LogP contribution in [0.3, 0.4) is 0 Å². The molecule has 0 spiro atoms. The molecule has 1 aromatic rings. The van der Waals surface area contributed by atoms with Gasteiger partial charge in [-0.3, -0.25) is 4.57 Å². The summed E-state index contributed by atoms with van der Waals surface area (Å²) >= 11 is 0. The van der Waals surface area contributed by atoms with Gasteiger partial charge in [0.25, 0.3) is 0 Å². The van der Waals surface area contributed by atoms with Gasteiger partial charge < -0.3 is 4.90 Å². The van der Waals surface area contributed by atoms with E-state index in [4.69, 9.17) is 0 Å². The number of aromatic amines is 1. The van der Waals surface area contributed by atoms with Gasteiger partial charge in [-0.25, -0.2) is 9.89 Å². The van der Waals surface area contributed by atoms with Crippen molar-refractivity contribution in [3.05, 3.63) is 10.5 Å². The van der Waals surface area contributed by atoms with E-state index in [1.807, 2.05) is 11.9 Å². The SMILES string of the molecule is CN1CCCn2c1n[nH]c2=O. The summed E-state index contributed by atoms with van der Waals surface area (Å²) in [7, 11) is 1.94. The van der Waals surface area contributed by atoms with Gasteiger partial charge in [0.2, 0.25) is 5.95 Å². The fraction of sp³-hybridized carbons (Fsp3) is 0.667. The Bertz CT molecular complexity index is 313. The quantitative estimate of drug-likeness (QED) is 0.543. The number of anilines is 1. The molecule has 0 fully saturated rings. The number of fused-ring (bicyclic) bond motifs is 1. The zero-order valence-corrected chi connectivity index (χ0v) is 6.37. The van der Waals surface area contributed by atoms with Gasteiger partial charge in [0.05, 0.1) is 0 Å². The lowest BCUT2D eigenvalue weighted by Gasteiger charge is -2.22. The van der Waals surface area contributed by atoms with E-state index >= 15 is 0 Å². The van der Waals surface area contributed by atoms with Crippen LogP contribution < -0.4 is 10.6 Å². The Morgan fingerprint density at radius 3 is 3.09 bits per heavy atom. The third-order valence-corrected chi connectivity index (χ3v) is 1.95. The maximum atomic E-state index is 11.0. The van der Waals surface area contributed by atoms with Crippen molar-refractivity contribution in [2.45, 2.75) is 13.0 Å². The molecule has 0 unspecified atom stereocenters. The van der Waals surface area contributed by atoms with Crippen molar-refractivity contribution in [1.82, 2.24) is 14.8 Å². The number of nitrogens with zero attached hydrogens (tertiary/aromatic N) is 3. The second kappa shape index (κ2) is 2.11. The highest BCUT2D eigenvalue weighted by Crippen LogP contribution is 2.11. The third-order valence-electron chi connectivity index (χ3n) is 1.95. The molecule has 11 heavy (non-hydrogen) atoms. The normalized spacial score (nSPS) is 16.6. The molecule has 1 aliphatic rings. The van der Waals surface area contributed by atoms with Crippen molar-refractivity contribution in [1.29, 1.82) is 0 Å². The Kier molecular flexibility index (Phi) is 1.24. The molecule has 0 amide bonds. The van der Waals surface area contributed by atoms with Crippen molar-refractivity contribution in [3.63, 3.8) is 0 Å². The molecule has 0 radical (unpaired) electrons. The molecular weight excluding hydrogens is 144 g/mol. The van der Waals surface area contributed by atoms with E-state index in [0.717, 1.165) is 25.5 Å². The predicted octanol–water partition coefficient (Wildman–Crippen LogP) is -0.589. The molecule has 0 aromatic carbocycles. The van der Waals surface area contributed by atoms with Crippen molar-refractivity contribution in [3.8, 4) is 0 Å². The van der Waals surface area contributed by atoms with Gasteiger partial charge in [0, 0.05) is 20.1 Å². The number of H-pyrrole nitrogens is 1. The fourth-order valence-electron chi connectivity index (χ4n) is 1.37. The zero-order chi connectivity index (χ0) is 7.84. The van der Waals surface area contributed by atoms with Crippen molar-refractivity contribution < 1.29 is 0 Å². The first-order valence-corrected chi connectivity index (χ1v) is 3.65. The van der Waals surface area contributed by atoms with E-state index in [1.54, 1.807) is 4.57 Å². The molecule has 0 bridgehead atoms. The standard InChI is InChI=1S/C6H10N4O/c1-9-3-2-4-10-5(9)7-8-6(10)11/h2-4H2,1H3,(H,8,11). The highest BCUT2D eigenvalue weighted by molar-refractivity contribution is 5.28. The van der Waals surface area contributed by atoms with Gasteiger partial charge >= 0.3 is 5.69 Å². The number of nitrogens with one attached hydrogen (secondary N) is 1. The van der Waals surface area contributed by atoms with Gasteiger partial charge in [-0.2, -0.15) is 0 Å². The van der Waals surface area contributed by atoms with E-state index in [1.165, 1.54) is 0 Å². The highest BCUT2D eigenvalue weighted by atomic mass is 16.1. The zero-order valence-electron chi connectivity index (χ0n) is 6.37. The number of rotatable bonds is 0. The maximum absolute atomic E-state index is 11.0. The number of aromatic nitrogens is 3. The summed E-state index contributed by atoms with van der Waals surface area (Å²) in [5.41, 5.74) is -0.105. The van der Waals surface area contributed by atoms with Gasteiger partial charge in [-0.1, -0.05) is 0 Å². The molecule has 5 nitrogen and oxygen atoms in total. The van der Waals surface area contributed by atoms with Crippen LogP contribution in [0.5, 0.6) is 0 Å². The van der Waals surface area contributed by atoms with E-state index in [2.05, 4.69) is 10.2 Å². The predicted molar refractivity (Wildman–Crippen MR) is 40.7 cm³/mol. The van der Waals surface area contributed by atoms with Crippen LogP contribution in [0.2, 0.25) is 0 Å². The number of hydrogen-bond donors (Lipinski definition) is 1. The van der Waals surface area contributed by atoms with Crippen LogP contribution in [0.25, 0.3) is 0 Å². The maximum Gasteiger partial charge on any atom is 0.344 e. The first-order chi connectivity index (χ1) is 5.29. The Hall–Kier alpha value is -1.26. The molecule has 2 rings (SSSR count). The molecule has 5 heteroatoms. The topological polar surface area (TPSA) is 53.9 Å². The fourth-order valence-corrected chi connectivity index (χ4v) is 1.37. The van der Waals surface area contributed by atoms with E-state index < -0.39 is 0 Å². The minimum Gasteiger partial charge on any atom is -0.344 e. The van der Waals surface area contributed by atoms with E-state index in [-0.39, 0.29) is 5.69 Å². The van der Waals surface area contributed by atoms with Crippen LogP contribution in [0, 0.1) is 0 Å². The Labute approximate surface area is 63.6 Å². The molecule has 0 aliphatic carbocycles. The molecular formula is C6H10N4O. The van der Waals surface area contributed by atoms with Crippen LogP contribution in [-0.4, -0.2) is 28.4 Å².